The number of ether oxygens (including phenoxy) is 4. The van der Waals surface area contributed by atoms with Crippen LogP contribution in [-0.2, 0) is 4.74 Å². The maximum Gasteiger partial charge on any atom is 0.197 e. The number of methoxy groups -OCH3 is 1. The van der Waals surface area contributed by atoms with E-state index in [4.69, 9.17) is 18.9 Å². The van der Waals surface area contributed by atoms with Gasteiger partial charge in [-0.1, -0.05) is 53.2 Å². The topological polar surface area (TPSA) is 36.9 Å². The fourth-order valence-electron chi connectivity index (χ4n) is 3.65. The van der Waals surface area contributed by atoms with Crippen LogP contribution in [0.3, 0.4) is 0 Å². The molecule has 0 N–H and O–H groups in total. The smallest absolute Gasteiger partial charge is 0.197 e. The molecule has 0 aliphatic rings. The van der Waals surface area contributed by atoms with Crippen molar-refractivity contribution in [2.24, 2.45) is 11.3 Å². The van der Waals surface area contributed by atoms with Gasteiger partial charge in [-0.05, 0) is 72.6 Å². The zero-order valence-corrected chi connectivity index (χ0v) is 20.3. The van der Waals surface area contributed by atoms with Crippen molar-refractivity contribution < 1.29 is 18.9 Å². The summed E-state index contributed by atoms with van der Waals surface area (Å²) in [5, 5.41) is 0. The zero-order chi connectivity index (χ0) is 22.9. The second-order valence-electron chi connectivity index (χ2n) is 9.54. The molecule has 0 aliphatic heterocycles. The summed E-state index contributed by atoms with van der Waals surface area (Å²) in [5.41, 5.74) is 1.61. The molecule has 2 unspecified atom stereocenters. The summed E-state index contributed by atoms with van der Waals surface area (Å²) in [6.07, 6.45) is 2.10. The second kappa shape index (κ2) is 12.0. The van der Waals surface area contributed by atoms with Crippen LogP contribution in [0, 0.1) is 11.3 Å². The molecular weight excluding hydrogens is 388 g/mol. The van der Waals surface area contributed by atoms with Crippen LogP contribution < -0.4 is 14.2 Å². The van der Waals surface area contributed by atoms with E-state index in [-0.39, 0.29) is 11.7 Å². The molecule has 2 rings (SSSR count). The highest BCUT2D eigenvalue weighted by molar-refractivity contribution is 5.31. The Morgan fingerprint density at radius 3 is 1.87 bits per heavy atom. The van der Waals surface area contributed by atoms with Gasteiger partial charge >= 0.3 is 0 Å². The molecule has 0 bridgehead atoms. The average molecular weight is 429 g/mol. The van der Waals surface area contributed by atoms with Gasteiger partial charge in [0.2, 0.25) is 0 Å². The molecule has 4 heteroatoms. The molecule has 172 valence electrons. The van der Waals surface area contributed by atoms with E-state index in [0.29, 0.717) is 19.1 Å². The van der Waals surface area contributed by atoms with Crippen molar-refractivity contribution in [1.29, 1.82) is 0 Å². The van der Waals surface area contributed by atoms with Crippen molar-refractivity contribution in [3.8, 4) is 17.2 Å². The summed E-state index contributed by atoms with van der Waals surface area (Å²) < 4.78 is 22.5. The quantitative estimate of drug-likeness (QED) is 0.267. The third-order valence-corrected chi connectivity index (χ3v) is 5.43. The molecule has 0 radical (unpaired) electrons. The Morgan fingerprint density at radius 2 is 1.32 bits per heavy atom. The molecule has 4 nitrogen and oxygen atoms in total. The van der Waals surface area contributed by atoms with Crippen LogP contribution in [0.15, 0.2) is 48.5 Å². The van der Waals surface area contributed by atoms with Crippen LogP contribution in [-0.4, -0.2) is 26.6 Å². The third kappa shape index (κ3) is 8.82. The van der Waals surface area contributed by atoms with E-state index >= 15 is 0 Å². The Balaban J connectivity index is 1.80. The SMILES string of the molecule is COc1ccc(OCCOC(C)Oc2ccc(C(CCC(C)C)C(C)(C)C)cc2)cc1. The first-order valence-corrected chi connectivity index (χ1v) is 11.3. The summed E-state index contributed by atoms with van der Waals surface area (Å²) >= 11 is 0. The van der Waals surface area contributed by atoms with Crippen molar-refractivity contribution in [2.75, 3.05) is 20.3 Å². The third-order valence-electron chi connectivity index (χ3n) is 5.43. The minimum Gasteiger partial charge on any atom is -0.497 e. The molecular formula is C27H40O4. The Morgan fingerprint density at radius 1 is 0.742 bits per heavy atom. The predicted octanol–water partition coefficient (Wildman–Crippen LogP) is 7.08. The minimum atomic E-state index is -0.343. The van der Waals surface area contributed by atoms with Gasteiger partial charge in [-0.2, -0.15) is 0 Å². The van der Waals surface area contributed by atoms with Gasteiger partial charge in [0.15, 0.2) is 6.29 Å². The van der Waals surface area contributed by atoms with E-state index in [0.717, 1.165) is 23.2 Å². The van der Waals surface area contributed by atoms with Crippen LogP contribution in [0.1, 0.15) is 65.9 Å². The van der Waals surface area contributed by atoms with Crippen LogP contribution in [0.5, 0.6) is 17.2 Å². The minimum absolute atomic E-state index is 0.234. The lowest BCUT2D eigenvalue weighted by molar-refractivity contribution is -0.0739. The lowest BCUT2D eigenvalue weighted by Gasteiger charge is -2.32. The molecule has 0 aliphatic carbocycles. The van der Waals surface area contributed by atoms with Gasteiger partial charge < -0.3 is 18.9 Å². The standard InChI is InChI=1S/C27H40O4/c1-20(2)8-17-26(27(4,5)6)22-9-11-25(12-10-22)31-21(3)29-18-19-30-24-15-13-23(28-7)14-16-24/h9-16,20-21,26H,8,17-19H2,1-7H3. The highest BCUT2D eigenvalue weighted by Gasteiger charge is 2.26. The summed E-state index contributed by atoms with van der Waals surface area (Å²) in [6.45, 7) is 14.4. The van der Waals surface area contributed by atoms with Gasteiger partial charge in [0.25, 0.3) is 0 Å². The Bertz CT molecular complexity index is 744. The molecule has 0 fully saturated rings. The van der Waals surface area contributed by atoms with Gasteiger partial charge in [0.1, 0.15) is 23.9 Å². The number of hydrogen-bond donors (Lipinski definition) is 0. The van der Waals surface area contributed by atoms with Crippen molar-refractivity contribution in [3.63, 3.8) is 0 Å². The Hall–Kier alpha value is -2.20. The number of hydrogen-bond acceptors (Lipinski definition) is 4. The molecule has 31 heavy (non-hydrogen) atoms. The van der Waals surface area contributed by atoms with Crippen molar-refractivity contribution >= 4 is 0 Å². The molecule has 2 atom stereocenters. The van der Waals surface area contributed by atoms with E-state index in [1.165, 1.54) is 18.4 Å². The van der Waals surface area contributed by atoms with Crippen LogP contribution in [0.25, 0.3) is 0 Å². The van der Waals surface area contributed by atoms with Crippen LogP contribution in [0.2, 0.25) is 0 Å². The van der Waals surface area contributed by atoms with E-state index in [1.54, 1.807) is 7.11 Å². The largest absolute Gasteiger partial charge is 0.497 e. The van der Waals surface area contributed by atoms with E-state index < -0.39 is 0 Å². The summed E-state index contributed by atoms with van der Waals surface area (Å²) in [5.74, 6) is 3.68. The van der Waals surface area contributed by atoms with E-state index in [1.807, 2.05) is 31.2 Å². The Labute approximate surface area is 188 Å². The molecule has 0 aromatic heterocycles. The van der Waals surface area contributed by atoms with Gasteiger partial charge in [0.05, 0.1) is 13.7 Å². The van der Waals surface area contributed by atoms with Gasteiger partial charge in [-0.25, -0.2) is 0 Å². The van der Waals surface area contributed by atoms with Gasteiger partial charge in [0, 0.05) is 0 Å². The van der Waals surface area contributed by atoms with Crippen molar-refractivity contribution in [2.45, 2.75) is 66.6 Å². The average Bonchev–Trinajstić information content (AvgIpc) is 2.72. The van der Waals surface area contributed by atoms with Gasteiger partial charge in [-0.15, -0.1) is 0 Å². The van der Waals surface area contributed by atoms with Crippen LogP contribution >= 0.6 is 0 Å². The summed E-state index contributed by atoms with van der Waals surface area (Å²) in [7, 11) is 1.65. The summed E-state index contributed by atoms with van der Waals surface area (Å²) in [6, 6.07) is 16.0. The highest BCUT2D eigenvalue weighted by Crippen LogP contribution is 2.39. The first-order valence-electron chi connectivity index (χ1n) is 11.3. The monoisotopic (exact) mass is 428 g/mol. The second-order valence-corrected chi connectivity index (χ2v) is 9.54. The molecule has 0 saturated heterocycles. The maximum absolute atomic E-state index is 5.92. The summed E-state index contributed by atoms with van der Waals surface area (Å²) in [4.78, 5) is 0. The molecule has 0 spiro atoms. The first-order chi connectivity index (χ1) is 14.7. The predicted molar refractivity (Wildman–Crippen MR) is 127 cm³/mol. The first kappa shape index (κ1) is 25.1. The Kier molecular flexibility index (Phi) is 9.70. The van der Waals surface area contributed by atoms with Crippen molar-refractivity contribution in [1.82, 2.24) is 0 Å². The molecule has 2 aromatic rings. The lowest BCUT2D eigenvalue weighted by Crippen LogP contribution is -2.20. The van der Waals surface area contributed by atoms with Crippen LogP contribution in [0.4, 0.5) is 0 Å². The number of benzene rings is 2. The maximum atomic E-state index is 5.92. The van der Waals surface area contributed by atoms with Gasteiger partial charge in [-0.3, -0.25) is 0 Å². The van der Waals surface area contributed by atoms with E-state index in [2.05, 4.69) is 58.9 Å². The van der Waals surface area contributed by atoms with E-state index in [9.17, 15) is 0 Å². The number of rotatable bonds is 12. The molecule has 2 aromatic carbocycles. The zero-order valence-electron chi connectivity index (χ0n) is 20.3. The molecule has 0 heterocycles. The fraction of sp³-hybridized carbons (Fsp3) is 0.556. The highest BCUT2D eigenvalue weighted by atomic mass is 16.7. The molecule has 0 saturated carbocycles. The lowest BCUT2D eigenvalue weighted by atomic mass is 9.73. The fourth-order valence-corrected chi connectivity index (χ4v) is 3.65. The normalized spacial score (nSPS) is 13.7. The van der Waals surface area contributed by atoms with Crippen molar-refractivity contribution in [3.05, 3.63) is 54.1 Å². The molecule has 0 amide bonds.